The Morgan fingerprint density at radius 3 is 2.89 bits per heavy atom. The van der Waals surface area contributed by atoms with Crippen LogP contribution in [0.4, 0.5) is 0 Å². The largest absolute Gasteiger partial charge is 0.334 e. The minimum absolute atomic E-state index is 0.244. The summed E-state index contributed by atoms with van der Waals surface area (Å²) in [4.78, 5) is 4.51. The molecule has 1 fully saturated rings. The Kier molecular flexibility index (Phi) is 3.37. The normalized spacial score (nSPS) is 20.6. The molecule has 4 heteroatoms. The van der Waals surface area contributed by atoms with E-state index >= 15 is 0 Å². The van der Waals surface area contributed by atoms with E-state index in [2.05, 4.69) is 15.5 Å². The Morgan fingerprint density at radius 2 is 2.00 bits per heavy atom. The molecule has 0 radical (unpaired) electrons. The molecule has 0 aliphatic carbocycles. The van der Waals surface area contributed by atoms with Gasteiger partial charge < -0.3 is 9.84 Å². The summed E-state index contributed by atoms with van der Waals surface area (Å²) in [5.41, 5.74) is 0.977. The third kappa shape index (κ3) is 2.43. The molecule has 0 bridgehead atoms. The first-order valence-corrected chi connectivity index (χ1v) is 6.56. The maximum Gasteiger partial charge on any atom is 0.257 e. The molecule has 1 aromatic heterocycles. The summed E-state index contributed by atoms with van der Waals surface area (Å²) in [7, 11) is 0. The molecule has 0 unspecified atom stereocenters. The molecule has 1 atom stereocenters. The third-order valence-corrected chi connectivity index (χ3v) is 3.33. The van der Waals surface area contributed by atoms with Crippen molar-refractivity contribution in [2.24, 2.45) is 0 Å². The van der Waals surface area contributed by atoms with E-state index in [-0.39, 0.29) is 6.04 Å². The van der Waals surface area contributed by atoms with Crippen molar-refractivity contribution < 1.29 is 4.52 Å². The molecule has 1 N–H and O–H groups in total. The van der Waals surface area contributed by atoms with E-state index in [4.69, 9.17) is 4.52 Å². The third-order valence-electron chi connectivity index (χ3n) is 3.33. The fourth-order valence-corrected chi connectivity index (χ4v) is 2.32. The van der Waals surface area contributed by atoms with Crippen LogP contribution >= 0.6 is 0 Å². The summed E-state index contributed by atoms with van der Waals surface area (Å²) in [6, 6.07) is 10.1. The van der Waals surface area contributed by atoms with Crippen molar-refractivity contribution in [1.29, 1.82) is 0 Å². The van der Waals surface area contributed by atoms with Gasteiger partial charge in [0, 0.05) is 5.56 Å². The lowest BCUT2D eigenvalue weighted by molar-refractivity contribution is 0.402. The standard InChI is InChI=1S/C14H17N3O/c1-3-7-11(8-4-1)14-16-13(17-18-14)12-9-5-2-6-10-15-12/h1,3-4,7-8,12,15H,2,5-6,9-10H2/t12-/m1/s1. The fraction of sp³-hybridized carbons (Fsp3) is 0.429. The fourth-order valence-electron chi connectivity index (χ4n) is 2.32. The number of rotatable bonds is 2. The number of aromatic nitrogens is 2. The molecule has 18 heavy (non-hydrogen) atoms. The van der Waals surface area contributed by atoms with Crippen LogP contribution in [-0.4, -0.2) is 16.7 Å². The lowest BCUT2D eigenvalue weighted by Gasteiger charge is -2.09. The van der Waals surface area contributed by atoms with E-state index in [0.29, 0.717) is 5.89 Å². The summed E-state index contributed by atoms with van der Waals surface area (Å²) >= 11 is 0. The van der Waals surface area contributed by atoms with Crippen LogP contribution in [0.25, 0.3) is 11.5 Å². The molecule has 4 nitrogen and oxygen atoms in total. The predicted molar refractivity (Wildman–Crippen MR) is 68.9 cm³/mol. The molecule has 1 aliphatic rings. The van der Waals surface area contributed by atoms with Crippen LogP contribution in [0.2, 0.25) is 0 Å². The minimum Gasteiger partial charge on any atom is -0.334 e. The first kappa shape index (κ1) is 11.4. The highest BCUT2D eigenvalue weighted by atomic mass is 16.5. The molecule has 1 saturated heterocycles. The second kappa shape index (κ2) is 5.31. The molecule has 1 aliphatic heterocycles. The summed E-state index contributed by atoms with van der Waals surface area (Å²) in [6.45, 7) is 1.04. The van der Waals surface area contributed by atoms with E-state index in [1.165, 1.54) is 19.3 Å². The van der Waals surface area contributed by atoms with Crippen LogP contribution < -0.4 is 5.32 Å². The molecular weight excluding hydrogens is 226 g/mol. The highest BCUT2D eigenvalue weighted by Gasteiger charge is 2.19. The van der Waals surface area contributed by atoms with Crippen molar-refractivity contribution in [3.63, 3.8) is 0 Å². The average molecular weight is 243 g/mol. The van der Waals surface area contributed by atoms with Gasteiger partial charge in [-0.3, -0.25) is 0 Å². The lowest BCUT2D eigenvalue weighted by atomic mass is 10.1. The first-order chi connectivity index (χ1) is 8.93. The van der Waals surface area contributed by atoms with Crippen LogP contribution in [-0.2, 0) is 0 Å². The number of nitrogens with zero attached hydrogens (tertiary/aromatic N) is 2. The molecule has 0 amide bonds. The molecule has 0 saturated carbocycles. The highest BCUT2D eigenvalue weighted by molar-refractivity contribution is 5.52. The SMILES string of the molecule is c1ccc(-c2nc([C@H]3CCCCCN3)no2)cc1. The van der Waals surface area contributed by atoms with Crippen molar-refractivity contribution in [2.75, 3.05) is 6.54 Å². The van der Waals surface area contributed by atoms with E-state index < -0.39 is 0 Å². The van der Waals surface area contributed by atoms with Crippen molar-refractivity contribution >= 4 is 0 Å². The topological polar surface area (TPSA) is 51.0 Å². The quantitative estimate of drug-likeness (QED) is 0.881. The number of nitrogens with one attached hydrogen (secondary N) is 1. The van der Waals surface area contributed by atoms with Crippen LogP contribution in [0.1, 0.15) is 37.5 Å². The Balaban J connectivity index is 1.80. The number of benzene rings is 1. The predicted octanol–water partition coefficient (Wildman–Crippen LogP) is 2.94. The second-order valence-electron chi connectivity index (χ2n) is 4.68. The van der Waals surface area contributed by atoms with Crippen LogP contribution in [0.3, 0.4) is 0 Å². The Labute approximate surface area is 106 Å². The molecule has 2 heterocycles. The summed E-state index contributed by atoms with van der Waals surface area (Å²) in [5, 5.41) is 7.59. The van der Waals surface area contributed by atoms with Crippen molar-refractivity contribution in [1.82, 2.24) is 15.5 Å². The van der Waals surface area contributed by atoms with Gasteiger partial charge in [-0.15, -0.1) is 0 Å². The van der Waals surface area contributed by atoms with Gasteiger partial charge in [-0.25, -0.2) is 0 Å². The van der Waals surface area contributed by atoms with Gasteiger partial charge in [0.05, 0.1) is 6.04 Å². The molecule has 0 spiro atoms. The Bertz CT molecular complexity index is 487. The summed E-state index contributed by atoms with van der Waals surface area (Å²) < 4.78 is 5.34. The maximum absolute atomic E-state index is 5.34. The van der Waals surface area contributed by atoms with Gasteiger partial charge in [-0.05, 0) is 31.5 Å². The van der Waals surface area contributed by atoms with Gasteiger partial charge in [0.2, 0.25) is 0 Å². The van der Waals surface area contributed by atoms with Gasteiger partial charge in [-0.1, -0.05) is 36.2 Å². The Morgan fingerprint density at radius 1 is 1.11 bits per heavy atom. The highest BCUT2D eigenvalue weighted by Crippen LogP contribution is 2.23. The number of hydrogen-bond donors (Lipinski definition) is 1. The van der Waals surface area contributed by atoms with Crippen molar-refractivity contribution in [3.05, 3.63) is 36.2 Å². The zero-order valence-electron chi connectivity index (χ0n) is 10.3. The molecule has 3 rings (SSSR count). The monoisotopic (exact) mass is 243 g/mol. The first-order valence-electron chi connectivity index (χ1n) is 6.56. The Hall–Kier alpha value is -1.68. The molecule has 1 aromatic carbocycles. The van der Waals surface area contributed by atoms with Crippen molar-refractivity contribution in [2.45, 2.75) is 31.7 Å². The van der Waals surface area contributed by atoms with Crippen LogP contribution in [0, 0.1) is 0 Å². The van der Waals surface area contributed by atoms with E-state index in [0.717, 1.165) is 24.4 Å². The second-order valence-corrected chi connectivity index (χ2v) is 4.68. The molecular formula is C14H17N3O. The zero-order valence-corrected chi connectivity index (χ0v) is 10.3. The minimum atomic E-state index is 0.244. The van der Waals surface area contributed by atoms with Gasteiger partial charge in [0.15, 0.2) is 5.82 Å². The van der Waals surface area contributed by atoms with E-state index in [1.807, 2.05) is 30.3 Å². The molecule has 94 valence electrons. The van der Waals surface area contributed by atoms with Crippen LogP contribution in [0.5, 0.6) is 0 Å². The molecule has 2 aromatic rings. The van der Waals surface area contributed by atoms with Gasteiger partial charge >= 0.3 is 0 Å². The van der Waals surface area contributed by atoms with E-state index in [9.17, 15) is 0 Å². The van der Waals surface area contributed by atoms with Gasteiger partial charge in [-0.2, -0.15) is 4.98 Å². The summed E-state index contributed by atoms with van der Waals surface area (Å²) in [6.07, 6.45) is 4.84. The van der Waals surface area contributed by atoms with Gasteiger partial charge in [0.1, 0.15) is 0 Å². The van der Waals surface area contributed by atoms with Crippen LogP contribution in [0.15, 0.2) is 34.9 Å². The summed E-state index contributed by atoms with van der Waals surface area (Å²) in [5.74, 6) is 1.40. The zero-order chi connectivity index (χ0) is 12.2. The van der Waals surface area contributed by atoms with Gasteiger partial charge in [0.25, 0.3) is 5.89 Å². The van der Waals surface area contributed by atoms with E-state index in [1.54, 1.807) is 0 Å². The lowest BCUT2D eigenvalue weighted by Crippen LogP contribution is -2.21. The van der Waals surface area contributed by atoms with Crippen molar-refractivity contribution in [3.8, 4) is 11.5 Å². The average Bonchev–Trinajstić information content (AvgIpc) is 2.76. The maximum atomic E-state index is 5.34. The smallest absolute Gasteiger partial charge is 0.257 e. The number of hydrogen-bond acceptors (Lipinski definition) is 4.